The lowest BCUT2D eigenvalue weighted by Gasteiger charge is -2.13. The molecule has 0 aliphatic heterocycles. The molecule has 106 valence electrons. The average Bonchev–Trinajstić information content (AvgIpc) is 2.94. The first-order valence-electron chi connectivity index (χ1n) is 5.86. The number of carbonyl (C=O) groups is 1. The average molecular weight is 315 g/mol. The number of benzene rings is 1. The Morgan fingerprint density at radius 3 is 2.85 bits per heavy atom. The van der Waals surface area contributed by atoms with Crippen LogP contribution < -0.4 is 0 Å². The zero-order chi connectivity index (χ0) is 14.5. The topological polar surface area (TPSA) is 69.9 Å². The summed E-state index contributed by atoms with van der Waals surface area (Å²) in [6.45, 7) is 0. The van der Waals surface area contributed by atoms with Gasteiger partial charge >= 0.3 is 5.97 Å². The second-order valence-electron chi connectivity index (χ2n) is 4.07. The molecule has 1 atom stereocenters. The van der Waals surface area contributed by atoms with Gasteiger partial charge < -0.3 is 4.74 Å². The van der Waals surface area contributed by atoms with Gasteiger partial charge in [-0.25, -0.2) is 4.79 Å². The van der Waals surface area contributed by atoms with Crippen LogP contribution in [0, 0.1) is 0 Å². The summed E-state index contributed by atoms with van der Waals surface area (Å²) in [5.74, 6) is -0.423. The van der Waals surface area contributed by atoms with Crippen LogP contribution in [0.4, 0.5) is 0 Å². The molecule has 2 aromatic rings. The first-order valence-corrected chi connectivity index (χ1v) is 6.61. The smallest absolute Gasteiger partial charge is 0.332 e. The molecule has 0 saturated carbocycles. The van der Waals surface area contributed by atoms with E-state index in [-0.39, 0.29) is 0 Å². The van der Waals surface area contributed by atoms with Crippen LogP contribution in [0.3, 0.4) is 0 Å². The maximum absolute atomic E-state index is 11.8. The monoisotopic (exact) mass is 314 g/mol. The second kappa shape index (κ2) is 6.67. The molecule has 2 rings (SSSR count). The van der Waals surface area contributed by atoms with E-state index in [1.807, 2.05) is 6.07 Å². The maximum atomic E-state index is 11.8. The molecule has 0 radical (unpaired) electrons. The van der Waals surface area contributed by atoms with Gasteiger partial charge in [-0.2, -0.15) is 0 Å². The Labute approximate surface area is 125 Å². The minimum absolute atomic E-state index is 0.423. The fraction of sp³-hybridized carbons (Fsp3) is 0.333. The molecule has 1 unspecified atom stereocenters. The van der Waals surface area contributed by atoms with Crippen molar-refractivity contribution in [3.05, 3.63) is 40.1 Å². The second-order valence-corrected chi connectivity index (χ2v) is 4.91. The van der Waals surface area contributed by atoms with Gasteiger partial charge in [0.1, 0.15) is 0 Å². The fourth-order valence-electron chi connectivity index (χ4n) is 1.80. The van der Waals surface area contributed by atoms with Crippen molar-refractivity contribution in [2.24, 2.45) is 0 Å². The zero-order valence-corrected chi connectivity index (χ0v) is 12.2. The highest BCUT2D eigenvalue weighted by Gasteiger charge is 2.23. The lowest BCUT2D eigenvalue weighted by Crippen LogP contribution is -2.24. The van der Waals surface area contributed by atoms with E-state index in [0.717, 1.165) is 5.56 Å². The summed E-state index contributed by atoms with van der Waals surface area (Å²) in [5, 5.41) is 12.3. The fourth-order valence-corrected chi connectivity index (χ4v) is 2.30. The third-order valence-corrected chi connectivity index (χ3v) is 3.41. The Balaban J connectivity index is 2.11. The van der Waals surface area contributed by atoms with E-state index < -0.39 is 12.0 Å². The molecule has 0 saturated heterocycles. The van der Waals surface area contributed by atoms with Gasteiger partial charge in [-0.05, 0) is 35.8 Å². The quantitative estimate of drug-likeness (QED) is 0.792. The minimum atomic E-state index is -0.630. The van der Waals surface area contributed by atoms with Gasteiger partial charge in [-0.15, -0.1) is 15.0 Å². The summed E-state index contributed by atoms with van der Waals surface area (Å²) in [4.78, 5) is 13.0. The molecular formula is C12H12Cl2N4O2. The molecule has 0 aliphatic carbocycles. The lowest BCUT2D eigenvalue weighted by molar-refractivity contribution is -0.145. The van der Waals surface area contributed by atoms with Crippen LogP contribution in [0.1, 0.15) is 18.0 Å². The maximum Gasteiger partial charge on any atom is 0.332 e. The number of methoxy groups -OCH3 is 1. The summed E-state index contributed by atoms with van der Waals surface area (Å²) in [6, 6.07) is 4.62. The van der Waals surface area contributed by atoms with Gasteiger partial charge in [-0.1, -0.05) is 29.3 Å². The highest BCUT2D eigenvalue weighted by Crippen LogP contribution is 2.24. The Morgan fingerprint density at radius 1 is 1.45 bits per heavy atom. The van der Waals surface area contributed by atoms with E-state index in [2.05, 4.69) is 15.4 Å². The predicted molar refractivity (Wildman–Crippen MR) is 73.7 cm³/mol. The lowest BCUT2D eigenvalue weighted by atomic mass is 10.1. The van der Waals surface area contributed by atoms with Crippen LogP contribution in [-0.2, 0) is 16.0 Å². The molecule has 6 nitrogen and oxygen atoms in total. The number of halogens is 2. The number of tetrazole rings is 1. The molecule has 0 N–H and O–H groups in total. The van der Waals surface area contributed by atoms with Gasteiger partial charge in [0.05, 0.1) is 7.11 Å². The van der Waals surface area contributed by atoms with Crippen LogP contribution in [0.25, 0.3) is 0 Å². The van der Waals surface area contributed by atoms with E-state index in [0.29, 0.717) is 22.9 Å². The van der Waals surface area contributed by atoms with Crippen molar-refractivity contribution in [2.75, 3.05) is 7.11 Å². The van der Waals surface area contributed by atoms with E-state index in [4.69, 9.17) is 27.9 Å². The Bertz CT molecular complexity index is 589. The van der Waals surface area contributed by atoms with Crippen molar-refractivity contribution >= 4 is 29.2 Å². The molecule has 0 fully saturated rings. The highest BCUT2D eigenvalue weighted by atomic mass is 35.5. The molecule has 0 bridgehead atoms. The number of hydrogen-bond donors (Lipinski definition) is 0. The molecule has 0 aliphatic rings. The molecule has 0 amide bonds. The SMILES string of the molecule is COC(=O)C(CCc1ccc(Cl)cc1Cl)n1ncnn1. The van der Waals surface area contributed by atoms with Crippen molar-refractivity contribution < 1.29 is 9.53 Å². The first-order chi connectivity index (χ1) is 9.61. The highest BCUT2D eigenvalue weighted by molar-refractivity contribution is 6.35. The molecule has 0 spiro atoms. The zero-order valence-electron chi connectivity index (χ0n) is 10.7. The summed E-state index contributed by atoms with van der Waals surface area (Å²) in [6.07, 6.45) is 2.28. The standard InChI is InChI=1S/C12H12Cl2N4O2/c1-20-12(19)11(18-16-7-15-17-18)5-3-8-2-4-9(13)6-10(8)14/h2,4,6-7,11H,3,5H2,1H3. The van der Waals surface area contributed by atoms with Crippen LogP contribution >= 0.6 is 23.2 Å². The van der Waals surface area contributed by atoms with E-state index in [1.165, 1.54) is 18.2 Å². The number of aryl methyl sites for hydroxylation is 1. The molecule has 20 heavy (non-hydrogen) atoms. The number of hydrogen-bond acceptors (Lipinski definition) is 5. The van der Waals surface area contributed by atoms with Crippen molar-refractivity contribution in [3.8, 4) is 0 Å². The number of carbonyl (C=O) groups excluding carboxylic acids is 1. The molecule has 1 aromatic carbocycles. The largest absolute Gasteiger partial charge is 0.467 e. The Hall–Kier alpha value is -1.66. The number of nitrogens with zero attached hydrogens (tertiary/aromatic N) is 4. The van der Waals surface area contributed by atoms with Gasteiger partial charge in [0, 0.05) is 10.0 Å². The molecule has 8 heteroatoms. The number of esters is 1. The Morgan fingerprint density at radius 2 is 2.25 bits per heavy atom. The van der Waals surface area contributed by atoms with Gasteiger partial charge in [0.25, 0.3) is 0 Å². The summed E-state index contributed by atoms with van der Waals surface area (Å²) in [7, 11) is 1.32. The summed E-state index contributed by atoms with van der Waals surface area (Å²) in [5.41, 5.74) is 0.894. The normalized spacial score (nSPS) is 12.2. The van der Waals surface area contributed by atoms with Crippen LogP contribution in [-0.4, -0.2) is 33.3 Å². The Kier molecular flexibility index (Phi) is 4.92. The van der Waals surface area contributed by atoms with Gasteiger partial charge in [-0.3, -0.25) is 0 Å². The minimum Gasteiger partial charge on any atom is -0.467 e. The molecule has 1 aromatic heterocycles. The third-order valence-electron chi connectivity index (χ3n) is 2.82. The van der Waals surface area contributed by atoms with Crippen molar-refractivity contribution in [3.63, 3.8) is 0 Å². The van der Waals surface area contributed by atoms with E-state index >= 15 is 0 Å². The van der Waals surface area contributed by atoms with Crippen molar-refractivity contribution in [1.29, 1.82) is 0 Å². The third kappa shape index (κ3) is 3.46. The van der Waals surface area contributed by atoms with Gasteiger partial charge in [0.15, 0.2) is 12.4 Å². The number of ether oxygens (including phenoxy) is 1. The van der Waals surface area contributed by atoms with E-state index in [1.54, 1.807) is 12.1 Å². The first kappa shape index (κ1) is 14.7. The number of aromatic nitrogens is 4. The van der Waals surface area contributed by atoms with Crippen molar-refractivity contribution in [2.45, 2.75) is 18.9 Å². The molecular weight excluding hydrogens is 303 g/mol. The summed E-state index contributed by atoms with van der Waals surface area (Å²) < 4.78 is 4.75. The van der Waals surface area contributed by atoms with Crippen LogP contribution in [0.5, 0.6) is 0 Å². The van der Waals surface area contributed by atoms with Crippen molar-refractivity contribution in [1.82, 2.24) is 20.2 Å². The van der Waals surface area contributed by atoms with E-state index in [9.17, 15) is 4.79 Å². The molecule has 1 heterocycles. The number of rotatable bonds is 5. The van der Waals surface area contributed by atoms with Crippen LogP contribution in [0.2, 0.25) is 10.0 Å². The van der Waals surface area contributed by atoms with Crippen LogP contribution in [0.15, 0.2) is 24.5 Å². The van der Waals surface area contributed by atoms with Gasteiger partial charge in [0.2, 0.25) is 0 Å². The predicted octanol–water partition coefficient (Wildman–Crippen LogP) is 2.33. The summed E-state index contributed by atoms with van der Waals surface area (Å²) >= 11 is 11.9.